The fourth-order valence-electron chi connectivity index (χ4n) is 13.3. The largest absolute Gasteiger partial charge is 0.438 e. The third-order valence-corrected chi connectivity index (χ3v) is 22.6. The molecule has 11 unspecified atom stereocenters. The lowest BCUT2D eigenvalue weighted by molar-refractivity contribution is -0.219. The average Bonchev–Trinajstić information content (AvgIpc) is 1.66. The molecule has 15 nitrogen and oxygen atoms in total. The first-order valence-corrected chi connectivity index (χ1v) is 32.1. The molecule has 0 aromatic heterocycles. The topological polar surface area (TPSA) is 178 Å². The Morgan fingerprint density at radius 2 is 0.798 bits per heavy atom. The number of hydrogen-bond donors (Lipinski definition) is 0. The summed E-state index contributed by atoms with van der Waals surface area (Å²) in [5.41, 5.74) is -0.631. The SMILES string of the molecule is CCC(C)(C)C(=O)OC(C)OC.CCC(C)(C)C(=O)OC(C)OC1C2(C)CCC(C2)C1(C)C.CCC(C)(C)C(=O)OCOC.CCC(C)(C)C(=O)OCOC1C2(C)CCC(C2)C1(C)C.CCC(C)(C)C(=O)OCOC1CC2CCC1(C)C2(C)C. The normalized spacial score (nSPS) is 29.2. The van der Waals surface area contributed by atoms with Gasteiger partial charge in [-0.2, -0.15) is 0 Å². The first kappa shape index (κ1) is 77.2. The zero-order valence-corrected chi connectivity index (χ0v) is 58.8. The smallest absolute Gasteiger partial charge is 0.313 e. The van der Waals surface area contributed by atoms with E-state index in [1.54, 1.807) is 6.92 Å². The van der Waals surface area contributed by atoms with E-state index in [4.69, 9.17) is 42.6 Å². The summed E-state index contributed by atoms with van der Waals surface area (Å²) in [5, 5.41) is 0. The Labute approximate surface area is 511 Å². The van der Waals surface area contributed by atoms with Crippen LogP contribution in [0.3, 0.4) is 0 Å². The predicted molar refractivity (Wildman–Crippen MR) is 331 cm³/mol. The maximum atomic E-state index is 12.2. The number of carbonyl (C=O) groups excluding carboxylic acids is 5. The molecule has 84 heavy (non-hydrogen) atoms. The quantitative estimate of drug-likeness (QED) is 0.0536. The van der Waals surface area contributed by atoms with Gasteiger partial charge in [-0.3, -0.25) is 24.0 Å². The van der Waals surface area contributed by atoms with Crippen LogP contribution < -0.4 is 0 Å². The Hall–Kier alpha value is -2.85. The summed E-state index contributed by atoms with van der Waals surface area (Å²) in [7, 11) is 3.00. The van der Waals surface area contributed by atoms with E-state index in [1.807, 2.05) is 111 Å². The molecule has 0 aromatic rings. The molecule has 0 radical (unpaired) electrons. The number of rotatable bonds is 23. The highest BCUT2D eigenvalue weighted by molar-refractivity contribution is 5.77. The highest BCUT2D eigenvalue weighted by Gasteiger charge is 2.63. The lowest BCUT2D eigenvalue weighted by atomic mass is 9.70. The van der Waals surface area contributed by atoms with E-state index >= 15 is 0 Å². The minimum atomic E-state index is -0.469. The van der Waals surface area contributed by atoms with Crippen molar-refractivity contribution in [2.24, 2.45) is 77.3 Å². The Kier molecular flexibility index (Phi) is 27.7. The highest BCUT2D eigenvalue weighted by atomic mass is 16.7. The van der Waals surface area contributed by atoms with Crippen molar-refractivity contribution in [2.45, 2.75) is 301 Å². The number of esters is 5. The molecular weight excluding hydrogens is 1070 g/mol. The van der Waals surface area contributed by atoms with Gasteiger partial charge in [0.25, 0.3) is 0 Å². The first-order valence-electron chi connectivity index (χ1n) is 32.1. The Balaban J connectivity index is 0.000000367. The second-order valence-electron chi connectivity index (χ2n) is 31.5. The van der Waals surface area contributed by atoms with Gasteiger partial charge < -0.3 is 47.4 Å². The molecule has 6 fully saturated rings. The van der Waals surface area contributed by atoms with Crippen LogP contribution in [0.15, 0.2) is 0 Å². The fraction of sp³-hybridized carbons (Fsp3) is 0.928. The van der Waals surface area contributed by atoms with Crippen molar-refractivity contribution in [3.63, 3.8) is 0 Å². The third-order valence-electron chi connectivity index (χ3n) is 22.6. The lowest BCUT2D eigenvalue weighted by Gasteiger charge is -2.43. The molecule has 0 N–H and O–H groups in total. The summed E-state index contributed by atoms with van der Waals surface area (Å²) in [6.07, 6.45) is 14.8. The highest BCUT2D eigenvalue weighted by Crippen LogP contribution is 2.67. The van der Waals surface area contributed by atoms with Crippen LogP contribution in [0.25, 0.3) is 0 Å². The van der Waals surface area contributed by atoms with E-state index < -0.39 is 39.7 Å². The fourth-order valence-corrected chi connectivity index (χ4v) is 13.3. The molecule has 0 aliphatic heterocycles. The van der Waals surface area contributed by atoms with E-state index in [0.29, 0.717) is 5.41 Å². The van der Waals surface area contributed by atoms with Crippen molar-refractivity contribution >= 4 is 29.8 Å². The molecule has 6 bridgehead atoms. The second kappa shape index (κ2) is 30.1. The van der Waals surface area contributed by atoms with Crippen LogP contribution in [0.2, 0.25) is 0 Å². The lowest BCUT2D eigenvalue weighted by Crippen LogP contribution is -2.45. The average molecular weight is 1200 g/mol. The number of fused-ring (bicyclic) bond motifs is 6. The number of ether oxygens (including phenoxy) is 10. The zero-order valence-electron chi connectivity index (χ0n) is 58.8. The Morgan fingerprint density at radius 1 is 0.452 bits per heavy atom. The predicted octanol–water partition coefficient (Wildman–Crippen LogP) is 16.4. The van der Waals surface area contributed by atoms with Crippen molar-refractivity contribution in [1.29, 1.82) is 0 Å². The molecule has 6 saturated carbocycles. The van der Waals surface area contributed by atoms with Gasteiger partial charge in [0.05, 0.1) is 45.4 Å². The standard InChI is InChI=1S/C18H32O3.2C17H30O3.C9H18O3.C8H16O3/c1-8-16(3,4)15(19)21-12(2)20-14-17(5,6)13-9-10-18(14,7)11-13;1-7-15(2,3)14(18)20-11-19-13-16(4,5)12-8-9-17(13,6)10-12;1-7-15(2,3)14(18)20-11-19-13-10-12-8-9-17(13,6)16(12,4)5;1-6-9(3,4)8(10)12-7(2)11-5;1-5-8(2,3)7(9)11-6-10-4/h12-14H,8-11H2,1-7H3;2*12-13H,7-11H2,1-6H3;7H,6H2,1-5H3;5-6H2,1-4H3. The molecule has 6 rings (SSSR count). The van der Waals surface area contributed by atoms with Gasteiger partial charge in [0, 0.05) is 14.2 Å². The molecule has 6 aliphatic carbocycles. The summed E-state index contributed by atoms with van der Waals surface area (Å²) >= 11 is 0. The third kappa shape index (κ3) is 18.6. The summed E-state index contributed by atoms with van der Waals surface area (Å²) < 4.78 is 53.6. The van der Waals surface area contributed by atoms with Gasteiger partial charge in [0.2, 0.25) is 0 Å². The van der Waals surface area contributed by atoms with Gasteiger partial charge in [0.15, 0.2) is 33.0 Å². The molecule has 0 spiro atoms. The molecule has 11 atom stereocenters. The van der Waals surface area contributed by atoms with Crippen molar-refractivity contribution in [1.82, 2.24) is 0 Å². The number of hydrogen-bond acceptors (Lipinski definition) is 15. The van der Waals surface area contributed by atoms with Gasteiger partial charge in [-0.15, -0.1) is 0 Å². The maximum absolute atomic E-state index is 12.2. The van der Waals surface area contributed by atoms with Crippen LogP contribution >= 0.6 is 0 Å². The van der Waals surface area contributed by atoms with Gasteiger partial charge in [0.1, 0.15) is 0 Å². The molecule has 0 heterocycles. The van der Waals surface area contributed by atoms with E-state index in [2.05, 4.69) is 67.1 Å². The van der Waals surface area contributed by atoms with Crippen molar-refractivity contribution in [2.75, 3.05) is 34.6 Å². The van der Waals surface area contributed by atoms with E-state index in [9.17, 15) is 24.0 Å². The van der Waals surface area contributed by atoms with Crippen LogP contribution in [0.1, 0.15) is 270 Å². The second-order valence-corrected chi connectivity index (χ2v) is 31.5. The van der Waals surface area contributed by atoms with Crippen LogP contribution in [-0.2, 0) is 71.3 Å². The minimum absolute atomic E-state index is 0.0439. The summed E-state index contributed by atoms with van der Waals surface area (Å²) in [6, 6.07) is 0. The Bertz CT molecular complexity index is 2110. The molecule has 0 saturated heterocycles. The minimum Gasteiger partial charge on any atom is -0.438 e. The van der Waals surface area contributed by atoms with Gasteiger partial charge in [-0.05, 0) is 223 Å². The van der Waals surface area contributed by atoms with Crippen LogP contribution in [0.5, 0.6) is 0 Å². The maximum Gasteiger partial charge on any atom is 0.313 e. The summed E-state index contributed by atoms with van der Waals surface area (Å²) in [6.45, 7) is 53.5. The van der Waals surface area contributed by atoms with Gasteiger partial charge >= 0.3 is 29.8 Å². The van der Waals surface area contributed by atoms with E-state index in [-0.39, 0.29) is 95.6 Å². The molecule has 0 amide bonds. The van der Waals surface area contributed by atoms with Gasteiger partial charge in [-0.25, -0.2) is 0 Å². The van der Waals surface area contributed by atoms with Crippen LogP contribution in [0, 0.1) is 77.3 Å². The molecule has 0 aromatic carbocycles. The van der Waals surface area contributed by atoms with Crippen LogP contribution in [-0.4, -0.2) is 95.3 Å². The van der Waals surface area contributed by atoms with Crippen LogP contribution in [0.4, 0.5) is 0 Å². The first-order chi connectivity index (χ1) is 38.3. The van der Waals surface area contributed by atoms with E-state index in [0.717, 1.165) is 56.3 Å². The van der Waals surface area contributed by atoms with Crippen molar-refractivity contribution < 1.29 is 71.3 Å². The van der Waals surface area contributed by atoms with E-state index in [1.165, 1.54) is 65.6 Å². The molecular formula is C69H126O15. The Morgan fingerprint density at radius 3 is 1.12 bits per heavy atom. The van der Waals surface area contributed by atoms with Gasteiger partial charge in [-0.1, -0.05) is 96.9 Å². The summed E-state index contributed by atoms with van der Waals surface area (Å²) in [5.74, 6) is 1.34. The monoisotopic (exact) mass is 1190 g/mol. The number of methoxy groups -OCH3 is 2. The summed E-state index contributed by atoms with van der Waals surface area (Å²) in [4.78, 5) is 58.6. The number of carbonyl (C=O) groups is 5. The molecule has 6 aliphatic rings. The zero-order chi connectivity index (χ0) is 65.1. The molecule has 492 valence electrons. The van der Waals surface area contributed by atoms with Crippen molar-refractivity contribution in [3.8, 4) is 0 Å². The van der Waals surface area contributed by atoms with Crippen molar-refractivity contribution in [3.05, 3.63) is 0 Å². The molecule has 15 heteroatoms.